The number of nitrogens with two attached hydrogens (primary N) is 1. The van der Waals surface area contributed by atoms with Crippen LogP contribution in [0.1, 0.15) is 46.5 Å². The highest BCUT2D eigenvalue weighted by Gasteiger charge is 2.28. The van der Waals surface area contributed by atoms with E-state index in [-0.39, 0.29) is 36.3 Å². The molecule has 0 saturated carbocycles. The van der Waals surface area contributed by atoms with Crippen molar-refractivity contribution in [1.29, 1.82) is 0 Å². The van der Waals surface area contributed by atoms with Crippen LogP contribution in [-0.4, -0.2) is 49.4 Å². The molecule has 0 amide bonds. The first-order chi connectivity index (χ1) is 8.74. The van der Waals surface area contributed by atoms with Gasteiger partial charge < -0.3 is 10.6 Å². The first kappa shape index (κ1) is 19.9. The summed E-state index contributed by atoms with van der Waals surface area (Å²) in [4.78, 5) is 6.30. The number of rotatable bonds is 3. The van der Waals surface area contributed by atoms with Crippen LogP contribution >= 0.6 is 24.0 Å². The van der Waals surface area contributed by atoms with Gasteiger partial charge in [0.25, 0.3) is 0 Å². The molecular formula is C13H28IN3O2S. The van der Waals surface area contributed by atoms with Crippen LogP contribution < -0.4 is 5.73 Å². The van der Waals surface area contributed by atoms with Crippen molar-refractivity contribution < 1.29 is 8.42 Å². The molecule has 0 bridgehead atoms. The quantitative estimate of drug-likeness (QED) is 0.433. The average molecular weight is 417 g/mol. The van der Waals surface area contributed by atoms with E-state index in [1.807, 2.05) is 0 Å². The molecule has 0 aromatic heterocycles. The van der Waals surface area contributed by atoms with E-state index in [4.69, 9.17) is 5.73 Å². The van der Waals surface area contributed by atoms with Crippen LogP contribution in [0.5, 0.6) is 0 Å². The van der Waals surface area contributed by atoms with E-state index in [0.717, 1.165) is 25.9 Å². The fraction of sp³-hybridized carbons (Fsp3) is 0.923. The Morgan fingerprint density at radius 3 is 2.10 bits per heavy atom. The van der Waals surface area contributed by atoms with E-state index in [1.54, 1.807) is 20.8 Å². The number of guanidine groups is 1. The van der Waals surface area contributed by atoms with Gasteiger partial charge in [0.15, 0.2) is 15.8 Å². The minimum atomic E-state index is -3.11. The molecule has 20 heavy (non-hydrogen) atoms. The van der Waals surface area contributed by atoms with Gasteiger partial charge in [-0.25, -0.2) is 8.42 Å². The molecule has 0 aliphatic carbocycles. The van der Waals surface area contributed by atoms with Crippen LogP contribution in [0.25, 0.3) is 0 Å². The summed E-state index contributed by atoms with van der Waals surface area (Å²) in [5.74, 6) is 0.552. The highest BCUT2D eigenvalue weighted by Crippen LogP contribution is 2.15. The number of hydrogen-bond acceptors (Lipinski definition) is 3. The van der Waals surface area contributed by atoms with Crippen molar-refractivity contribution in [3.63, 3.8) is 0 Å². The molecule has 1 heterocycles. The van der Waals surface area contributed by atoms with Gasteiger partial charge >= 0.3 is 0 Å². The van der Waals surface area contributed by atoms with Gasteiger partial charge in [0.05, 0.1) is 17.0 Å². The standard InChI is InChI=1S/C13H27N3O2S.HI/c1-13(2,3)19(17,18)11-8-15-12(14)16-9-6-4-5-7-10-16;/h4-11H2,1-3H3,(H2,14,15);1H. The predicted octanol–water partition coefficient (Wildman–Crippen LogP) is 2.01. The minimum Gasteiger partial charge on any atom is -0.370 e. The zero-order chi connectivity index (χ0) is 14.5. The molecule has 7 heteroatoms. The molecular weight excluding hydrogens is 389 g/mol. The van der Waals surface area contributed by atoms with Gasteiger partial charge in [0.1, 0.15) is 0 Å². The van der Waals surface area contributed by atoms with E-state index in [9.17, 15) is 8.42 Å². The molecule has 0 spiro atoms. The molecule has 1 rings (SSSR count). The Morgan fingerprint density at radius 2 is 1.65 bits per heavy atom. The fourth-order valence-electron chi connectivity index (χ4n) is 1.99. The van der Waals surface area contributed by atoms with Crippen molar-refractivity contribution >= 4 is 39.8 Å². The number of halogens is 1. The molecule has 0 aromatic carbocycles. The molecule has 1 fully saturated rings. The SMILES string of the molecule is CC(C)(C)S(=O)(=O)CCN=C(N)N1CCCCCC1.I. The summed E-state index contributed by atoms with van der Waals surface area (Å²) in [6, 6.07) is 0. The van der Waals surface area contributed by atoms with Crippen LogP contribution in [0, 0.1) is 0 Å². The van der Waals surface area contributed by atoms with Gasteiger partial charge in [0.2, 0.25) is 0 Å². The zero-order valence-corrected chi connectivity index (χ0v) is 15.9. The Labute approximate surface area is 140 Å². The van der Waals surface area contributed by atoms with E-state index >= 15 is 0 Å². The molecule has 1 aliphatic heterocycles. The Balaban J connectivity index is 0.00000361. The van der Waals surface area contributed by atoms with Crippen LogP contribution in [-0.2, 0) is 9.84 Å². The first-order valence-electron chi connectivity index (χ1n) is 7.01. The topological polar surface area (TPSA) is 75.8 Å². The lowest BCUT2D eigenvalue weighted by atomic mass is 10.2. The Bertz CT molecular complexity index is 408. The fourth-order valence-corrected chi connectivity index (χ4v) is 2.93. The number of nitrogens with zero attached hydrogens (tertiary/aromatic N) is 2. The molecule has 0 aromatic rings. The largest absolute Gasteiger partial charge is 0.370 e. The lowest BCUT2D eigenvalue weighted by molar-refractivity contribution is 0.429. The maximum atomic E-state index is 11.9. The summed E-state index contributed by atoms with van der Waals surface area (Å²) in [5.41, 5.74) is 5.94. The summed E-state index contributed by atoms with van der Waals surface area (Å²) in [7, 11) is -3.11. The van der Waals surface area contributed by atoms with Crippen molar-refractivity contribution in [2.24, 2.45) is 10.7 Å². The Hall–Kier alpha value is -0.0500. The van der Waals surface area contributed by atoms with Gasteiger partial charge in [-0.05, 0) is 33.6 Å². The number of aliphatic imine (C=N–C) groups is 1. The molecule has 120 valence electrons. The normalized spacial score (nSPS) is 18.4. The third-order valence-electron chi connectivity index (χ3n) is 3.50. The second-order valence-electron chi connectivity index (χ2n) is 6.07. The average Bonchev–Trinajstić information content (AvgIpc) is 2.55. The van der Waals surface area contributed by atoms with Gasteiger partial charge in [-0.2, -0.15) is 0 Å². The summed E-state index contributed by atoms with van der Waals surface area (Å²) < 4.78 is 23.2. The maximum absolute atomic E-state index is 11.9. The monoisotopic (exact) mass is 417 g/mol. The highest BCUT2D eigenvalue weighted by molar-refractivity contribution is 14.0. The second-order valence-corrected chi connectivity index (χ2v) is 8.93. The summed E-state index contributed by atoms with van der Waals surface area (Å²) in [6.07, 6.45) is 4.75. The van der Waals surface area contributed by atoms with Crippen LogP contribution in [0.4, 0.5) is 0 Å². The first-order valence-corrected chi connectivity index (χ1v) is 8.66. The minimum absolute atomic E-state index is 0. The maximum Gasteiger partial charge on any atom is 0.191 e. The van der Waals surface area contributed by atoms with E-state index in [2.05, 4.69) is 9.89 Å². The van der Waals surface area contributed by atoms with Crippen LogP contribution in [0.2, 0.25) is 0 Å². The number of hydrogen-bond donors (Lipinski definition) is 1. The Kier molecular flexibility index (Phi) is 8.39. The number of likely N-dealkylation sites (tertiary alicyclic amines) is 1. The summed E-state index contributed by atoms with van der Waals surface area (Å²) >= 11 is 0. The zero-order valence-electron chi connectivity index (χ0n) is 12.8. The van der Waals surface area contributed by atoms with Gasteiger partial charge in [-0.3, -0.25) is 4.99 Å². The summed E-state index contributed by atoms with van der Waals surface area (Å²) in [5, 5.41) is 0. The van der Waals surface area contributed by atoms with Gasteiger partial charge in [-0.15, -0.1) is 24.0 Å². The molecule has 2 N–H and O–H groups in total. The van der Waals surface area contributed by atoms with Crippen molar-refractivity contribution in [3.8, 4) is 0 Å². The Morgan fingerprint density at radius 1 is 1.15 bits per heavy atom. The lowest BCUT2D eigenvalue weighted by Crippen LogP contribution is -2.38. The van der Waals surface area contributed by atoms with Crippen molar-refractivity contribution in [2.45, 2.75) is 51.2 Å². The highest BCUT2D eigenvalue weighted by atomic mass is 127. The molecule has 1 aliphatic rings. The third-order valence-corrected chi connectivity index (χ3v) is 6.08. The molecule has 5 nitrogen and oxygen atoms in total. The van der Waals surface area contributed by atoms with Crippen LogP contribution in [0.15, 0.2) is 4.99 Å². The second kappa shape index (κ2) is 8.41. The third kappa shape index (κ3) is 6.15. The van der Waals surface area contributed by atoms with Crippen LogP contribution in [0.3, 0.4) is 0 Å². The number of sulfone groups is 1. The lowest BCUT2D eigenvalue weighted by Gasteiger charge is -2.22. The van der Waals surface area contributed by atoms with Crippen molar-refractivity contribution in [3.05, 3.63) is 0 Å². The molecule has 0 radical (unpaired) electrons. The van der Waals surface area contributed by atoms with Gasteiger partial charge in [0, 0.05) is 13.1 Å². The van der Waals surface area contributed by atoms with Gasteiger partial charge in [-0.1, -0.05) is 12.8 Å². The predicted molar refractivity (Wildman–Crippen MR) is 95.5 cm³/mol. The van der Waals surface area contributed by atoms with Crippen molar-refractivity contribution in [1.82, 2.24) is 4.90 Å². The molecule has 1 saturated heterocycles. The van der Waals surface area contributed by atoms with Crippen molar-refractivity contribution in [2.75, 3.05) is 25.4 Å². The summed E-state index contributed by atoms with van der Waals surface area (Å²) in [6.45, 7) is 7.25. The smallest absolute Gasteiger partial charge is 0.191 e. The molecule has 0 atom stereocenters. The van der Waals surface area contributed by atoms with E-state index in [0.29, 0.717) is 5.96 Å². The molecule has 0 unspecified atom stereocenters. The van der Waals surface area contributed by atoms with E-state index < -0.39 is 14.6 Å². The van der Waals surface area contributed by atoms with E-state index in [1.165, 1.54) is 12.8 Å².